The average Bonchev–Trinajstić information content (AvgIpc) is 2.55. The summed E-state index contributed by atoms with van der Waals surface area (Å²) in [6.07, 6.45) is 0. The number of nitrogens with one attached hydrogen (secondary N) is 1. The fourth-order valence-electron chi connectivity index (χ4n) is 1.86. The predicted molar refractivity (Wildman–Crippen MR) is 70.1 cm³/mol. The van der Waals surface area contributed by atoms with Gasteiger partial charge in [-0.25, -0.2) is 0 Å². The first-order valence-electron chi connectivity index (χ1n) is 6.27. The first-order chi connectivity index (χ1) is 7.74. The maximum atomic E-state index is 10.5. The summed E-state index contributed by atoms with van der Waals surface area (Å²) in [6, 6.07) is 2.30. The van der Waals surface area contributed by atoms with Crippen LogP contribution in [0, 0.1) is 19.8 Å². The molecule has 0 saturated carbocycles. The Morgan fingerprint density at radius 1 is 1.35 bits per heavy atom. The van der Waals surface area contributed by atoms with Gasteiger partial charge in [-0.15, -0.1) is 0 Å². The van der Waals surface area contributed by atoms with Gasteiger partial charge in [0.25, 0.3) is 0 Å². The Kier molecular flexibility index (Phi) is 4.39. The third-order valence-corrected chi connectivity index (χ3v) is 3.39. The van der Waals surface area contributed by atoms with E-state index < -0.39 is 5.60 Å². The van der Waals surface area contributed by atoms with E-state index in [1.165, 1.54) is 0 Å². The van der Waals surface area contributed by atoms with Crippen LogP contribution >= 0.6 is 0 Å². The molecule has 0 spiro atoms. The minimum Gasteiger partial charge on any atom is -0.466 e. The van der Waals surface area contributed by atoms with Gasteiger partial charge in [0.2, 0.25) is 0 Å². The van der Waals surface area contributed by atoms with E-state index >= 15 is 0 Å². The summed E-state index contributed by atoms with van der Waals surface area (Å²) in [6.45, 7) is 12.6. The van der Waals surface area contributed by atoms with E-state index in [2.05, 4.69) is 26.1 Å². The Labute approximate surface area is 104 Å². The largest absolute Gasteiger partial charge is 0.466 e. The SMILES string of the molecule is Cc1cc(C(C)(O)CNC(C)C(C)C)c(C)o1. The lowest BCUT2D eigenvalue weighted by atomic mass is 9.95. The monoisotopic (exact) mass is 239 g/mol. The van der Waals surface area contributed by atoms with E-state index in [4.69, 9.17) is 4.42 Å². The number of hydrogen-bond donors (Lipinski definition) is 2. The zero-order valence-electron chi connectivity index (χ0n) is 11.8. The van der Waals surface area contributed by atoms with Crippen LogP contribution in [0.25, 0.3) is 0 Å². The summed E-state index contributed by atoms with van der Waals surface area (Å²) in [5.41, 5.74) is -0.0104. The van der Waals surface area contributed by atoms with Crippen molar-refractivity contribution in [3.63, 3.8) is 0 Å². The van der Waals surface area contributed by atoms with Crippen molar-refractivity contribution in [3.8, 4) is 0 Å². The zero-order valence-corrected chi connectivity index (χ0v) is 11.8. The van der Waals surface area contributed by atoms with Crippen molar-refractivity contribution in [3.05, 3.63) is 23.2 Å². The number of rotatable bonds is 5. The molecule has 3 heteroatoms. The lowest BCUT2D eigenvalue weighted by molar-refractivity contribution is 0.0513. The molecule has 2 N–H and O–H groups in total. The Balaban J connectivity index is 2.72. The average molecular weight is 239 g/mol. The van der Waals surface area contributed by atoms with Gasteiger partial charge in [-0.1, -0.05) is 13.8 Å². The Hall–Kier alpha value is -0.800. The Morgan fingerprint density at radius 3 is 2.35 bits per heavy atom. The van der Waals surface area contributed by atoms with Crippen molar-refractivity contribution in [1.29, 1.82) is 0 Å². The normalized spacial score (nSPS) is 17.2. The van der Waals surface area contributed by atoms with Gasteiger partial charge in [-0.05, 0) is 39.7 Å². The summed E-state index contributed by atoms with van der Waals surface area (Å²) in [5, 5.41) is 13.9. The van der Waals surface area contributed by atoms with Crippen molar-refractivity contribution in [2.75, 3.05) is 6.54 Å². The molecule has 1 rings (SSSR count). The second-order valence-electron chi connectivity index (χ2n) is 5.51. The molecule has 0 aromatic carbocycles. The van der Waals surface area contributed by atoms with Gasteiger partial charge in [-0.2, -0.15) is 0 Å². The third kappa shape index (κ3) is 3.58. The van der Waals surface area contributed by atoms with Crippen molar-refractivity contribution in [2.24, 2.45) is 5.92 Å². The molecular weight excluding hydrogens is 214 g/mol. The molecule has 0 bridgehead atoms. The fraction of sp³-hybridized carbons (Fsp3) is 0.714. The lowest BCUT2D eigenvalue weighted by Gasteiger charge is -2.27. The number of aliphatic hydroxyl groups is 1. The molecule has 1 aromatic rings. The van der Waals surface area contributed by atoms with Gasteiger partial charge in [0.05, 0.1) is 0 Å². The number of aryl methyl sites for hydroxylation is 2. The molecule has 2 unspecified atom stereocenters. The maximum Gasteiger partial charge on any atom is 0.107 e. The predicted octanol–water partition coefficient (Wildman–Crippen LogP) is 2.74. The van der Waals surface area contributed by atoms with Crippen LogP contribution in [-0.4, -0.2) is 17.7 Å². The van der Waals surface area contributed by atoms with E-state index in [1.54, 1.807) is 0 Å². The van der Waals surface area contributed by atoms with Crippen LogP contribution < -0.4 is 5.32 Å². The lowest BCUT2D eigenvalue weighted by Crippen LogP contribution is -2.41. The minimum atomic E-state index is -0.884. The minimum absolute atomic E-state index is 0.384. The molecule has 1 heterocycles. The van der Waals surface area contributed by atoms with Crippen LogP contribution in [0.15, 0.2) is 10.5 Å². The molecule has 98 valence electrons. The van der Waals surface area contributed by atoms with Gasteiger partial charge >= 0.3 is 0 Å². The summed E-state index contributed by atoms with van der Waals surface area (Å²) < 4.78 is 5.47. The highest BCUT2D eigenvalue weighted by Gasteiger charge is 2.28. The quantitative estimate of drug-likeness (QED) is 0.830. The van der Waals surface area contributed by atoms with Gasteiger partial charge < -0.3 is 14.8 Å². The van der Waals surface area contributed by atoms with Crippen molar-refractivity contribution >= 4 is 0 Å². The highest BCUT2D eigenvalue weighted by molar-refractivity contribution is 5.26. The van der Waals surface area contributed by atoms with Crippen LogP contribution in [0.5, 0.6) is 0 Å². The van der Waals surface area contributed by atoms with Crippen molar-refractivity contribution < 1.29 is 9.52 Å². The highest BCUT2D eigenvalue weighted by atomic mass is 16.3. The Bertz CT molecular complexity index is 366. The summed E-state index contributed by atoms with van der Waals surface area (Å²) in [5.74, 6) is 2.19. The third-order valence-electron chi connectivity index (χ3n) is 3.39. The van der Waals surface area contributed by atoms with E-state index in [0.717, 1.165) is 17.1 Å². The summed E-state index contributed by atoms with van der Waals surface area (Å²) >= 11 is 0. The number of furan rings is 1. The van der Waals surface area contributed by atoms with Gasteiger partial charge in [0.15, 0.2) is 0 Å². The molecule has 0 aliphatic carbocycles. The van der Waals surface area contributed by atoms with E-state index in [0.29, 0.717) is 18.5 Å². The van der Waals surface area contributed by atoms with Gasteiger partial charge in [0, 0.05) is 18.2 Å². The topological polar surface area (TPSA) is 45.4 Å². The summed E-state index contributed by atoms with van der Waals surface area (Å²) in [7, 11) is 0. The first-order valence-corrected chi connectivity index (χ1v) is 6.27. The molecule has 1 aromatic heterocycles. The second-order valence-corrected chi connectivity index (χ2v) is 5.51. The van der Waals surface area contributed by atoms with Crippen LogP contribution in [0.2, 0.25) is 0 Å². The molecule has 17 heavy (non-hydrogen) atoms. The highest BCUT2D eigenvalue weighted by Crippen LogP contribution is 2.26. The van der Waals surface area contributed by atoms with Gasteiger partial charge in [-0.3, -0.25) is 0 Å². The molecule has 2 atom stereocenters. The fourth-order valence-corrected chi connectivity index (χ4v) is 1.86. The summed E-state index contributed by atoms with van der Waals surface area (Å²) in [4.78, 5) is 0. The molecular formula is C14H25NO2. The van der Waals surface area contributed by atoms with E-state index in [9.17, 15) is 5.11 Å². The smallest absolute Gasteiger partial charge is 0.107 e. The molecule has 3 nitrogen and oxygen atoms in total. The molecule has 0 aliphatic heterocycles. The van der Waals surface area contributed by atoms with Crippen LogP contribution in [0.1, 0.15) is 44.8 Å². The van der Waals surface area contributed by atoms with Crippen LogP contribution in [0.4, 0.5) is 0 Å². The maximum absolute atomic E-state index is 10.5. The molecule has 0 aliphatic rings. The molecule has 0 amide bonds. The van der Waals surface area contributed by atoms with Crippen LogP contribution in [-0.2, 0) is 5.60 Å². The van der Waals surface area contributed by atoms with Crippen molar-refractivity contribution in [2.45, 2.75) is 53.2 Å². The van der Waals surface area contributed by atoms with Gasteiger partial charge in [0.1, 0.15) is 17.1 Å². The van der Waals surface area contributed by atoms with Crippen molar-refractivity contribution in [1.82, 2.24) is 5.32 Å². The van der Waals surface area contributed by atoms with E-state index in [1.807, 2.05) is 26.8 Å². The van der Waals surface area contributed by atoms with E-state index in [-0.39, 0.29) is 0 Å². The molecule has 0 radical (unpaired) electrons. The van der Waals surface area contributed by atoms with Crippen LogP contribution in [0.3, 0.4) is 0 Å². The Morgan fingerprint density at radius 2 is 1.94 bits per heavy atom. The number of hydrogen-bond acceptors (Lipinski definition) is 3. The second kappa shape index (κ2) is 5.23. The molecule has 0 saturated heterocycles. The molecule has 0 fully saturated rings. The first kappa shape index (κ1) is 14.3. The zero-order chi connectivity index (χ0) is 13.2. The standard InChI is InChI=1S/C14H25NO2/c1-9(2)11(4)15-8-14(6,16)13-7-10(3)17-12(13)5/h7,9,11,15-16H,8H2,1-6H3.